The first-order chi connectivity index (χ1) is 6.36. The number of hydrogen-bond donors (Lipinski definition) is 0. The van der Waals surface area contributed by atoms with Crippen LogP contribution in [-0.2, 0) is 0 Å². The Bertz CT molecular complexity index is 310. The molecule has 1 aromatic carbocycles. The molecule has 0 saturated heterocycles. The van der Waals surface area contributed by atoms with Crippen LogP contribution in [0, 0.1) is 6.92 Å². The summed E-state index contributed by atoms with van der Waals surface area (Å²) in [6.45, 7) is 2.17. The fourth-order valence-electron chi connectivity index (χ4n) is 2.02. The topological polar surface area (TPSA) is 0 Å². The average molecular weight is 172 g/mol. The predicted octanol–water partition coefficient (Wildman–Crippen LogP) is 3.82. The molecule has 0 bridgehead atoms. The normalized spacial score (nSPS) is 21.8. The van der Waals surface area contributed by atoms with Crippen molar-refractivity contribution in [2.24, 2.45) is 0 Å². The van der Waals surface area contributed by atoms with Crippen molar-refractivity contribution in [3.63, 3.8) is 0 Å². The van der Waals surface area contributed by atoms with Gasteiger partial charge in [0, 0.05) is 0 Å². The first-order valence-corrected chi connectivity index (χ1v) is 5.08. The van der Waals surface area contributed by atoms with E-state index in [1.807, 2.05) is 0 Å². The van der Waals surface area contributed by atoms with Crippen molar-refractivity contribution in [2.75, 3.05) is 0 Å². The molecule has 0 spiro atoms. The lowest BCUT2D eigenvalue weighted by molar-refractivity contribution is 0.617. The van der Waals surface area contributed by atoms with Crippen molar-refractivity contribution in [1.29, 1.82) is 0 Å². The molecular formula is C13H16. The first kappa shape index (κ1) is 8.55. The second-order valence-electron chi connectivity index (χ2n) is 3.90. The summed E-state index contributed by atoms with van der Waals surface area (Å²) in [7, 11) is 0. The zero-order valence-electron chi connectivity index (χ0n) is 8.16. The molecule has 68 valence electrons. The average Bonchev–Trinajstić information content (AvgIpc) is 2.19. The Morgan fingerprint density at radius 3 is 2.85 bits per heavy atom. The maximum Gasteiger partial charge on any atom is -0.0124 e. The van der Waals surface area contributed by atoms with Crippen molar-refractivity contribution in [2.45, 2.75) is 32.1 Å². The zero-order valence-corrected chi connectivity index (χ0v) is 8.16. The van der Waals surface area contributed by atoms with Crippen LogP contribution in [0.4, 0.5) is 0 Å². The third-order valence-electron chi connectivity index (χ3n) is 2.78. The minimum atomic E-state index is 0.768. The smallest absolute Gasteiger partial charge is 0.0124 e. The molecule has 1 aromatic rings. The van der Waals surface area contributed by atoms with Gasteiger partial charge in [0.2, 0.25) is 0 Å². The van der Waals surface area contributed by atoms with Crippen molar-refractivity contribution in [1.82, 2.24) is 0 Å². The highest BCUT2D eigenvalue weighted by molar-refractivity contribution is 5.26. The minimum absolute atomic E-state index is 0.768. The largest absolute Gasteiger partial charge is 0.0885 e. The summed E-state index contributed by atoms with van der Waals surface area (Å²) in [5, 5.41) is 0. The van der Waals surface area contributed by atoms with Gasteiger partial charge in [0.15, 0.2) is 0 Å². The highest BCUT2D eigenvalue weighted by atomic mass is 14.2. The Morgan fingerprint density at radius 1 is 1.23 bits per heavy atom. The van der Waals surface area contributed by atoms with Gasteiger partial charge in [-0.05, 0) is 37.7 Å². The monoisotopic (exact) mass is 172 g/mol. The molecule has 1 aliphatic rings. The maximum absolute atomic E-state index is 2.32. The van der Waals surface area contributed by atoms with Crippen molar-refractivity contribution in [3.8, 4) is 0 Å². The molecule has 0 amide bonds. The molecular weight excluding hydrogens is 156 g/mol. The highest BCUT2D eigenvalue weighted by Crippen LogP contribution is 2.29. The van der Waals surface area contributed by atoms with E-state index in [1.54, 1.807) is 0 Å². The fraction of sp³-hybridized carbons (Fsp3) is 0.385. The van der Waals surface area contributed by atoms with E-state index in [9.17, 15) is 0 Å². The van der Waals surface area contributed by atoms with Crippen molar-refractivity contribution in [3.05, 3.63) is 47.5 Å². The van der Waals surface area contributed by atoms with Crippen LogP contribution in [0.2, 0.25) is 0 Å². The Hall–Kier alpha value is -1.04. The van der Waals surface area contributed by atoms with Gasteiger partial charge in [0.05, 0.1) is 0 Å². The van der Waals surface area contributed by atoms with E-state index in [2.05, 4.69) is 43.3 Å². The van der Waals surface area contributed by atoms with Crippen LogP contribution in [0.15, 0.2) is 36.4 Å². The maximum atomic E-state index is 2.32. The second-order valence-corrected chi connectivity index (χ2v) is 3.90. The molecule has 1 atom stereocenters. The molecule has 0 nitrogen and oxygen atoms in total. The molecule has 0 saturated carbocycles. The van der Waals surface area contributed by atoms with Gasteiger partial charge in [0.1, 0.15) is 0 Å². The van der Waals surface area contributed by atoms with Crippen LogP contribution in [0.25, 0.3) is 0 Å². The van der Waals surface area contributed by atoms with Crippen LogP contribution in [-0.4, -0.2) is 0 Å². The third kappa shape index (κ3) is 2.00. The molecule has 2 rings (SSSR count). The van der Waals surface area contributed by atoms with Crippen molar-refractivity contribution >= 4 is 0 Å². The van der Waals surface area contributed by atoms with Gasteiger partial charge < -0.3 is 0 Å². The molecule has 0 radical (unpaired) electrons. The summed E-state index contributed by atoms with van der Waals surface area (Å²) >= 11 is 0. The molecule has 1 aliphatic carbocycles. The van der Waals surface area contributed by atoms with Gasteiger partial charge >= 0.3 is 0 Å². The van der Waals surface area contributed by atoms with E-state index in [0.717, 1.165) is 5.92 Å². The lowest BCUT2D eigenvalue weighted by atomic mass is 9.87. The van der Waals surface area contributed by atoms with E-state index in [-0.39, 0.29) is 0 Å². The van der Waals surface area contributed by atoms with Gasteiger partial charge in [-0.25, -0.2) is 0 Å². The summed E-state index contributed by atoms with van der Waals surface area (Å²) in [6.07, 6.45) is 8.41. The molecule has 0 aliphatic heterocycles. The number of allylic oxidation sites excluding steroid dienone is 2. The zero-order chi connectivity index (χ0) is 9.10. The summed E-state index contributed by atoms with van der Waals surface area (Å²) < 4.78 is 0. The number of aryl methyl sites for hydroxylation is 1. The Balaban J connectivity index is 2.20. The molecule has 0 aromatic heterocycles. The lowest BCUT2D eigenvalue weighted by Crippen LogP contribution is -2.00. The molecule has 0 heterocycles. The number of benzene rings is 1. The molecule has 0 N–H and O–H groups in total. The van der Waals surface area contributed by atoms with Gasteiger partial charge in [-0.3, -0.25) is 0 Å². The van der Waals surface area contributed by atoms with Crippen LogP contribution < -0.4 is 0 Å². The molecule has 13 heavy (non-hydrogen) atoms. The Labute approximate surface area is 80.3 Å². The first-order valence-electron chi connectivity index (χ1n) is 5.08. The summed E-state index contributed by atoms with van der Waals surface area (Å²) in [4.78, 5) is 0. The second kappa shape index (κ2) is 3.78. The SMILES string of the molecule is Cc1cccc(C2CC=CCC2)c1. The van der Waals surface area contributed by atoms with E-state index < -0.39 is 0 Å². The Kier molecular flexibility index (Phi) is 2.49. The number of hydrogen-bond acceptors (Lipinski definition) is 0. The van der Waals surface area contributed by atoms with Gasteiger partial charge in [-0.1, -0.05) is 42.0 Å². The van der Waals surface area contributed by atoms with Crippen LogP contribution in [0.1, 0.15) is 36.3 Å². The summed E-state index contributed by atoms with van der Waals surface area (Å²) in [5.41, 5.74) is 2.90. The summed E-state index contributed by atoms with van der Waals surface area (Å²) in [5.74, 6) is 0.768. The van der Waals surface area contributed by atoms with E-state index in [1.165, 1.54) is 30.4 Å². The molecule has 0 fully saturated rings. The summed E-state index contributed by atoms with van der Waals surface area (Å²) in [6, 6.07) is 8.92. The van der Waals surface area contributed by atoms with Gasteiger partial charge in [-0.15, -0.1) is 0 Å². The van der Waals surface area contributed by atoms with Crippen LogP contribution in [0.3, 0.4) is 0 Å². The Morgan fingerprint density at radius 2 is 2.15 bits per heavy atom. The number of rotatable bonds is 1. The van der Waals surface area contributed by atoms with Gasteiger partial charge in [0.25, 0.3) is 0 Å². The van der Waals surface area contributed by atoms with E-state index in [0.29, 0.717) is 0 Å². The van der Waals surface area contributed by atoms with Crippen LogP contribution >= 0.6 is 0 Å². The quantitative estimate of drug-likeness (QED) is 0.565. The third-order valence-corrected chi connectivity index (χ3v) is 2.78. The highest BCUT2D eigenvalue weighted by Gasteiger charge is 2.11. The van der Waals surface area contributed by atoms with E-state index in [4.69, 9.17) is 0 Å². The standard InChI is InChI=1S/C13H16/c1-11-6-5-9-13(10-11)12-7-3-2-4-8-12/h2-3,5-6,9-10,12H,4,7-8H2,1H3. The van der Waals surface area contributed by atoms with Crippen LogP contribution in [0.5, 0.6) is 0 Å². The van der Waals surface area contributed by atoms with Gasteiger partial charge in [-0.2, -0.15) is 0 Å². The van der Waals surface area contributed by atoms with Crippen molar-refractivity contribution < 1.29 is 0 Å². The molecule has 0 heteroatoms. The fourth-order valence-corrected chi connectivity index (χ4v) is 2.02. The lowest BCUT2D eigenvalue weighted by Gasteiger charge is -2.18. The van der Waals surface area contributed by atoms with E-state index >= 15 is 0 Å². The predicted molar refractivity (Wildman–Crippen MR) is 56.9 cm³/mol. The minimum Gasteiger partial charge on any atom is -0.0885 e. The molecule has 1 unspecified atom stereocenters.